The molecule has 0 radical (unpaired) electrons. The Labute approximate surface area is 215 Å². The molecule has 0 bridgehead atoms. The van der Waals surface area contributed by atoms with Crippen LogP contribution in [0, 0.1) is 0 Å². The van der Waals surface area contributed by atoms with E-state index >= 15 is 0 Å². The van der Waals surface area contributed by atoms with Gasteiger partial charge in [0.1, 0.15) is 0 Å². The van der Waals surface area contributed by atoms with Crippen LogP contribution in [-0.4, -0.2) is 30.3 Å². The summed E-state index contributed by atoms with van der Waals surface area (Å²) in [7, 11) is 0. The van der Waals surface area contributed by atoms with E-state index in [-0.39, 0.29) is 17.0 Å². The van der Waals surface area contributed by atoms with Crippen molar-refractivity contribution in [2.24, 2.45) is 0 Å². The van der Waals surface area contributed by atoms with Crippen molar-refractivity contribution in [2.75, 3.05) is 5.32 Å². The van der Waals surface area contributed by atoms with Crippen LogP contribution in [0.2, 0.25) is 0 Å². The number of carbonyl (C=O) groups excluding carboxylic acids is 1. The Kier molecular flexibility index (Phi) is 6.39. The van der Waals surface area contributed by atoms with Gasteiger partial charge in [-0.15, -0.1) is 11.3 Å². The molecule has 1 N–H and O–H groups in total. The lowest BCUT2D eigenvalue weighted by Gasteiger charge is -2.10. The minimum atomic E-state index is -4.69. The molecule has 0 saturated heterocycles. The molecule has 5 rings (SSSR count). The van der Waals surface area contributed by atoms with Crippen LogP contribution < -0.4 is 5.32 Å². The minimum absolute atomic E-state index is 0.0673. The first-order valence-corrected chi connectivity index (χ1v) is 12.5. The van der Waals surface area contributed by atoms with Gasteiger partial charge >= 0.3 is 6.18 Å². The van der Waals surface area contributed by atoms with Crippen LogP contribution in [0.4, 0.5) is 18.9 Å². The highest BCUT2D eigenvalue weighted by atomic mass is 79.9. The summed E-state index contributed by atoms with van der Waals surface area (Å²) in [5.41, 5.74) is 0.326. The number of nitrogens with one attached hydrogen (secondary N) is 1. The minimum Gasteiger partial charge on any atom is -0.318 e. The summed E-state index contributed by atoms with van der Waals surface area (Å²) in [5, 5.41) is 10.8. The highest BCUT2D eigenvalue weighted by molar-refractivity contribution is 9.10. The summed E-state index contributed by atoms with van der Waals surface area (Å²) in [5.74, 6) is -0.664. The number of benzene rings is 1. The van der Waals surface area contributed by atoms with E-state index in [9.17, 15) is 18.0 Å². The maximum absolute atomic E-state index is 13.8. The quantitative estimate of drug-likeness (QED) is 0.258. The Hall–Kier alpha value is -3.51. The first kappa shape index (κ1) is 24.2. The summed E-state index contributed by atoms with van der Waals surface area (Å²) in [4.78, 5) is 18.8. The van der Waals surface area contributed by atoms with Crippen molar-refractivity contribution >= 4 is 44.5 Å². The number of amides is 1. The fourth-order valence-corrected chi connectivity index (χ4v) is 4.78. The number of nitrogens with zero attached hydrogens (tertiary/aromatic N) is 5. The molecule has 0 spiro atoms. The lowest BCUT2D eigenvalue weighted by atomic mass is 10.2. The first-order valence-electron chi connectivity index (χ1n) is 10.8. The molecule has 0 aliphatic carbocycles. The lowest BCUT2D eigenvalue weighted by molar-refractivity contribution is -0.142. The van der Waals surface area contributed by atoms with Crippen molar-refractivity contribution in [1.82, 2.24) is 24.4 Å². The summed E-state index contributed by atoms with van der Waals surface area (Å²) < 4.78 is 44.8. The third-order valence-corrected chi connectivity index (χ3v) is 7.14. The number of aryl methyl sites for hydroxylation is 1. The third-order valence-electron chi connectivity index (χ3n) is 5.36. The molecular formula is C24H18BrF3N6OS. The standard InChI is InChI=1S/C24H18BrF3N6OS/c1-2-17-7-8-20(36-17)18-9-21(24(26,27)28)34-22(31-18)10-19(32-34)23(35)30-16-11-29-33(13-16)12-14-3-5-15(25)6-4-14/h3-11,13H,2,12H2,1H3,(H,30,35). The first-order chi connectivity index (χ1) is 17.2. The molecule has 1 amide bonds. The third kappa shape index (κ3) is 5.05. The largest absolute Gasteiger partial charge is 0.433 e. The van der Waals surface area contributed by atoms with Gasteiger partial charge in [-0.25, -0.2) is 9.50 Å². The second kappa shape index (κ2) is 9.51. The number of hydrogen-bond donors (Lipinski definition) is 1. The number of rotatable bonds is 6. The lowest BCUT2D eigenvalue weighted by Crippen LogP contribution is -2.15. The molecule has 184 valence electrons. The second-order valence-electron chi connectivity index (χ2n) is 7.95. The molecule has 12 heteroatoms. The van der Waals surface area contributed by atoms with Crippen LogP contribution in [0.5, 0.6) is 0 Å². The smallest absolute Gasteiger partial charge is 0.318 e. The van der Waals surface area contributed by atoms with Crippen molar-refractivity contribution in [1.29, 1.82) is 0 Å². The Morgan fingerprint density at radius 3 is 2.61 bits per heavy atom. The molecule has 0 fully saturated rings. The monoisotopic (exact) mass is 574 g/mol. The molecule has 5 aromatic rings. The Balaban J connectivity index is 1.41. The van der Waals surface area contributed by atoms with Crippen molar-refractivity contribution in [3.05, 3.63) is 87.2 Å². The van der Waals surface area contributed by atoms with Crippen molar-refractivity contribution < 1.29 is 18.0 Å². The highest BCUT2D eigenvalue weighted by Crippen LogP contribution is 2.34. The average molecular weight is 575 g/mol. The summed E-state index contributed by atoms with van der Waals surface area (Å²) >= 11 is 4.77. The highest BCUT2D eigenvalue weighted by Gasteiger charge is 2.36. The maximum Gasteiger partial charge on any atom is 0.433 e. The van der Waals surface area contributed by atoms with Crippen LogP contribution in [-0.2, 0) is 19.1 Å². The van der Waals surface area contributed by atoms with E-state index in [0.29, 0.717) is 21.6 Å². The second-order valence-corrected chi connectivity index (χ2v) is 10.0. The fraction of sp³-hybridized carbons (Fsp3) is 0.167. The van der Waals surface area contributed by atoms with Gasteiger partial charge in [0.05, 0.1) is 29.0 Å². The van der Waals surface area contributed by atoms with Gasteiger partial charge in [0, 0.05) is 21.6 Å². The molecule has 7 nitrogen and oxygen atoms in total. The zero-order valence-corrected chi connectivity index (χ0v) is 21.2. The van der Waals surface area contributed by atoms with Gasteiger partial charge in [0.25, 0.3) is 5.91 Å². The Morgan fingerprint density at radius 1 is 1.14 bits per heavy atom. The molecule has 0 saturated carbocycles. The average Bonchev–Trinajstić information content (AvgIpc) is 3.58. The van der Waals surface area contributed by atoms with E-state index in [4.69, 9.17) is 0 Å². The van der Waals surface area contributed by atoms with E-state index in [1.807, 2.05) is 37.3 Å². The van der Waals surface area contributed by atoms with Crippen LogP contribution >= 0.6 is 27.3 Å². The molecule has 4 heterocycles. The summed E-state index contributed by atoms with van der Waals surface area (Å²) in [6.45, 7) is 2.46. The van der Waals surface area contributed by atoms with Gasteiger partial charge in [-0.3, -0.25) is 9.48 Å². The van der Waals surface area contributed by atoms with Gasteiger partial charge in [-0.05, 0) is 42.3 Å². The van der Waals surface area contributed by atoms with Gasteiger partial charge in [-0.2, -0.15) is 23.4 Å². The van der Waals surface area contributed by atoms with E-state index in [0.717, 1.165) is 27.4 Å². The normalized spacial score (nSPS) is 11.8. The van der Waals surface area contributed by atoms with E-state index < -0.39 is 17.8 Å². The van der Waals surface area contributed by atoms with Gasteiger partial charge in [0.15, 0.2) is 17.0 Å². The van der Waals surface area contributed by atoms with Gasteiger partial charge in [0.2, 0.25) is 0 Å². The zero-order chi connectivity index (χ0) is 25.4. The van der Waals surface area contributed by atoms with Gasteiger partial charge in [-0.1, -0.05) is 35.0 Å². The van der Waals surface area contributed by atoms with Crippen molar-refractivity contribution in [3.63, 3.8) is 0 Å². The zero-order valence-electron chi connectivity index (χ0n) is 18.8. The Morgan fingerprint density at radius 2 is 1.92 bits per heavy atom. The number of fused-ring (bicyclic) bond motifs is 1. The number of hydrogen-bond acceptors (Lipinski definition) is 5. The van der Waals surface area contributed by atoms with Crippen LogP contribution in [0.1, 0.15) is 33.5 Å². The van der Waals surface area contributed by atoms with Gasteiger partial charge < -0.3 is 5.32 Å². The topological polar surface area (TPSA) is 77.1 Å². The molecule has 36 heavy (non-hydrogen) atoms. The van der Waals surface area contributed by atoms with E-state index in [1.165, 1.54) is 23.6 Å². The molecular weight excluding hydrogens is 557 g/mol. The summed E-state index contributed by atoms with van der Waals surface area (Å²) in [6.07, 6.45) is -0.814. The fourth-order valence-electron chi connectivity index (χ4n) is 3.61. The predicted octanol–water partition coefficient (Wildman–Crippen LogP) is 6.30. The molecule has 0 unspecified atom stereocenters. The maximum atomic E-state index is 13.8. The number of anilines is 1. The molecule has 0 aliphatic rings. The van der Waals surface area contributed by atoms with Crippen LogP contribution in [0.15, 0.2) is 65.4 Å². The van der Waals surface area contributed by atoms with Crippen molar-refractivity contribution in [3.8, 4) is 10.6 Å². The molecule has 0 atom stereocenters. The number of alkyl halides is 3. The van der Waals surface area contributed by atoms with E-state index in [1.54, 1.807) is 16.9 Å². The molecule has 1 aromatic carbocycles. The molecule has 4 aromatic heterocycles. The van der Waals surface area contributed by atoms with E-state index in [2.05, 4.69) is 36.4 Å². The number of thiophene rings is 1. The number of aromatic nitrogens is 5. The number of carbonyl (C=O) groups is 1. The molecule has 0 aliphatic heterocycles. The summed E-state index contributed by atoms with van der Waals surface area (Å²) in [6, 6.07) is 13.5. The van der Waals surface area contributed by atoms with Crippen molar-refractivity contribution in [2.45, 2.75) is 26.1 Å². The predicted molar refractivity (Wildman–Crippen MR) is 134 cm³/mol. The van der Waals surface area contributed by atoms with Crippen LogP contribution in [0.3, 0.4) is 0 Å². The van der Waals surface area contributed by atoms with Crippen LogP contribution in [0.25, 0.3) is 16.2 Å². The Bertz CT molecular complexity index is 1550. The number of halogens is 4. The SMILES string of the molecule is CCc1ccc(-c2cc(C(F)(F)F)n3nc(C(=O)Nc4cnn(Cc5ccc(Br)cc5)c4)cc3n2)s1.